The molecule has 1 heterocycles. The Kier molecular flexibility index (Phi) is 4.27. The van der Waals surface area contributed by atoms with Gasteiger partial charge in [0.05, 0.1) is 19.3 Å². The number of aliphatic hydroxyl groups excluding tert-OH is 1. The van der Waals surface area contributed by atoms with Gasteiger partial charge in [0, 0.05) is 15.6 Å². The summed E-state index contributed by atoms with van der Waals surface area (Å²) in [6.07, 6.45) is 0. The minimum Gasteiger partial charge on any atom is -0.497 e. The van der Waals surface area contributed by atoms with E-state index in [0.29, 0.717) is 17.0 Å². The molecule has 0 saturated carbocycles. The minimum atomic E-state index is -0.143. The Morgan fingerprint density at radius 2 is 1.68 bits per heavy atom. The highest BCUT2D eigenvalue weighted by Crippen LogP contribution is 2.33. The molecule has 0 atom stereocenters. The SMILES string of the molecule is COc1ccc(-c2noc(-c3ccc(Br)cc3)c2CO)cc1. The molecule has 112 valence electrons. The van der Waals surface area contributed by atoms with Crippen LogP contribution >= 0.6 is 15.9 Å². The van der Waals surface area contributed by atoms with Gasteiger partial charge in [-0.3, -0.25) is 0 Å². The number of nitrogens with zero attached hydrogens (tertiary/aromatic N) is 1. The van der Waals surface area contributed by atoms with Crippen LogP contribution in [0.1, 0.15) is 5.56 Å². The van der Waals surface area contributed by atoms with Gasteiger partial charge < -0.3 is 14.4 Å². The third-order valence-corrected chi connectivity index (χ3v) is 3.94. The molecule has 1 N–H and O–H groups in total. The minimum absolute atomic E-state index is 0.143. The molecular weight excluding hydrogens is 346 g/mol. The maximum absolute atomic E-state index is 9.73. The molecule has 0 aliphatic carbocycles. The Morgan fingerprint density at radius 1 is 1.05 bits per heavy atom. The van der Waals surface area contributed by atoms with Crippen LogP contribution in [0.25, 0.3) is 22.6 Å². The normalized spacial score (nSPS) is 10.7. The summed E-state index contributed by atoms with van der Waals surface area (Å²) in [4.78, 5) is 0. The van der Waals surface area contributed by atoms with Crippen molar-refractivity contribution in [2.75, 3.05) is 7.11 Å². The molecule has 0 aliphatic rings. The Morgan fingerprint density at radius 3 is 2.27 bits per heavy atom. The molecule has 2 aromatic carbocycles. The van der Waals surface area contributed by atoms with E-state index in [-0.39, 0.29) is 6.61 Å². The van der Waals surface area contributed by atoms with E-state index in [9.17, 15) is 5.11 Å². The highest BCUT2D eigenvalue weighted by Gasteiger charge is 2.18. The van der Waals surface area contributed by atoms with E-state index in [0.717, 1.165) is 21.3 Å². The van der Waals surface area contributed by atoms with Crippen molar-refractivity contribution in [2.45, 2.75) is 6.61 Å². The molecular formula is C17H14BrNO3. The fourth-order valence-corrected chi connectivity index (χ4v) is 2.52. The molecule has 4 nitrogen and oxygen atoms in total. The number of rotatable bonds is 4. The number of ether oxygens (including phenoxy) is 1. The zero-order chi connectivity index (χ0) is 15.5. The van der Waals surface area contributed by atoms with Gasteiger partial charge in [-0.15, -0.1) is 0 Å². The number of hydrogen-bond donors (Lipinski definition) is 1. The van der Waals surface area contributed by atoms with Crippen molar-refractivity contribution in [1.29, 1.82) is 0 Å². The lowest BCUT2D eigenvalue weighted by Crippen LogP contribution is -1.89. The number of aliphatic hydroxyl groups is 1. The fraction of sp³-hybridized carbons (Fsp3) is 0.118. The third-order valence-electron chi connectivity index (χ3n) is 3.42. The molecule has 0 saturated heterocycles. The van der Waals surface area contributed by atoms with Crippen LogP contribution < -0.4 is 4.74 Å². The van der Waals surface area contributed by atoms with E-state index in [2.05, 4.69) is 21.1 Å². The quantitative estimate of drug-likeness (QED) is 0.755. The van der Waals surface area contributed by atoms with Crippen LogP contribution in [0.4, 0.5) is 0 Å². The van der Waals surface area contributed by atoms with Crippen molar-refractivity contribution in [3.8, 4) is 28.3 Å². The topological polar surface area (TPSA) is 55.5 Å². The standard InChI is InChI=1S/C17H14BrNO3/c1-21-14-8-4-11(5-9-14)16-15(10-20)17(22-19-16)12-2-6-13(18)7-3-12/h2-9,20H,10H2,1H3. The number of methoxy groups -OCH3 is 1. The summed E-state index contributed by atoms with van der Waals surface area (Å²) in [7, 11) is 1.62. The van der Waals surface area contributed by atoms with Crippen molar-refractivity contribution in [2.24, 2.45) is 0 Å². The van der Waals surface area contributed by atoms with E-state index >= 15 is 0 Å². The van der Waals surface area contributed by atoms with Crippen LogP contribution in [0.5, 0.6) is 5.75 Å². The molecule has 0 aliphatic heterocycles. The summed E-state index contributed by atoms with van der Waals surface area (Å²) in [5, 5.41) is 13.9. The molecule has 0 spiro atoms. The number of hydrogen-bond acceptors (Lipinski definition) is 4. The maximum atomic E-state index is 9.73. The summed E-state index contributed by atoms with van der Waals surface area (Å²) < 4.78 is 11.6. The first-order valence-electron chi connectivity index (χ1n) is 6.72. The molecule has 0 radical (unpaired) electrons. The van der Waals surface area contributed by atoms with Crippen molar-refractivity contribution in [3.63, 3.8) is 0 Å². The summed E-state index contributed by atoms with van der Waals surface area (Å²) in [5.74, 6) is 1.35. The van der Waals surface area contributed by atoms with Gasteiger partial charge in [0.25, 0.3) is 0 Å². The molecule has 3 rings (SSSR count). The van der Waals surface area contributed by atoms with Gasteiger partial charge >= 0.3 is 0 Å². The molecule has 5 heteroatoms. The lowest BCUT2D eigenvalue weighted by molar-refractivity contribution is 0.281. The second-order valence-electron chi connectivity index (χ2n) is 4.73. The van der Waals surface area contributed by atoms with Gasteiger partial charge in [-0.25, -0.2) is 0 Å². The third kappa shape index (κ3) is 2.77. The molecule has 0 unspecified atom stereocenters. The van der Waals surface area contributed by atoms with Crippen molar-refractivity contribution in [1.82, 2.24) is 5.16 Å². The summed E-state index contributed by atoms with van der Waals surface area (Å²) >= 11 is 3.40. The Labute approximate surface area is 136 Å². The van der Waals surface area contributed by atoms with Crippen LogP contribution in [-0.2, 0) is 6.61 Å². The highest BCUT2D eigenvalue weighted by atomic mass is 79.9. The summed E-state index contributed by atoms with van der Waals surface area (Å²) in [6, 6.07) is 15.2. The highest BCUT2D eigenvalue weighted by molar-refractivity contribution is 9.10. The van der Waals surface area contributed by atoms with Gasteiger partial charge in [-0.05, 0) is 36.4 Å². The number of aromatic nitrogens is 1. The van der Waals surface area contributed by atoms with Crippen LogP contribution in [0.15, 0.2) is 57.5 Å². The van der Waals surface area contributed by atoms with Gasteiger partial charge in [0.1, 0.15) is 11.4 Å². The van der Waals surface area contributed by atoms with E-state index in [1.165, 1.54) is 0 Å². The number of halogens is 1. The van der Waals surface area contributed by atoms with Gasteiger partial charge in [-0.2, -0.15) is 0 Å². The van der Waals surface area contributed by atoms with E-state index in [1.807, 2.05) is 48.5 Å². The molecule has 0 bridgehead atoms. The largest absolute Gasteiger partial charge is 0.497 e. The predicted octanol–water partition coefficient (Wildman–Crippen LogP) is 4.27. The van der Waals surface area contributed by atoms with E-state index in [4.69, 9.17) is 9.26 Å². The summed E-state index contributed by atoms with van der Waals surface area (Å²) in [5.41, 5.74) is 3.06. The Balaban J connectivity index is 2.04. The zero-order valence-corrected chi connectivity index (χ0v) is 13.5. The van der Waals surface area contributed by atoms with E-state index in [1.54, 1.807) is 7.11 Å². The first-order valence-corrected chi connectivity index (χ1v) is 7.52. The van der Waals surface area contributed by atoms with Crippen LogP contribution in [0.3, 0.4) is 0 Å². The Bertz CT molecular complexity index is 764. The smallest absolute Gasteiger partial charge is 0.173 e. The van der Waals surface area contributed by atoms with E-state index < -0.39 is 0 Å². The van der Waals surface area contributed by atoms with Crippen LogP contribution in [0.2, 0.25) is 0 Å². The molecule has 0 fully saturated rings. The second kappa shape index (κ2) is 6.34. The molecule has 3 aromatic rings. The first-order chi connectivity index (χ1) is 10.7. The predicted molar refractivity (Wildman–Crippen MR) is 87.5 cm³/mol. The second-order valence-corrected chi connectivity index (χ2v) is 5.65. The average Bonchev–Trinajstić information content (AvgIpc) is 2.99. The average molecular weight is 360 g/mol. The van der Waals surface area contributed by atoms with Gasteiger partial charge in [-0.1, -0.05) is 33.2 Å². The number of benzene rings is 2. The lowest BCUT2D eigenvalue weighted by Gasteiger charge is -2.03. The van der Waals surface area contributed by atoms with Crippen LogP contribution in [-0.4, -0.2) is 17.4 Å². The van der Waals surface area contributed by atoms with Crippen molar-refractivity contribution in [3.05, 3.63) is 58.6 Å². The maximum Gasteiger partial charge on any atom is 0.173 e. The monoisotopic (exact) mass is 359 g/mol. The van der Waals surface area contributed by atoms with Gasteiger partial charge in [0.2, 0.25) is 0 Å². The van der Waals surface area contributed by atoms with Crippen molar-refractivity contribution < 1.29 is 14.4 Å². The molecule has 22 heavy (non-hydrogen) atoms. The van der Waals surface area contributed by atoms with Crippen LogP contribution in [0, 0.1) is 0 Å². The first kappa shape index (κ1) is 14.8. The fourth-order valence-electron chi connectivity index (χ4n) is 2.26. The van der Waals surface area contributed by atoms with Gasteiger partial charge in [0.15, 0.2) is 5.76 Å². The Hall–Kier alpha value is -2.11. The lowest BCUT2D eigenvalue weighted by atomic mass is 10.0. The van der Waals surface area contributed by atoms with Crippen molar-refractivity contribution >= 4 is 15.9 Å². The zero-order valence-electron chi connectivity index (χ0n) is 11.9. The summed E-state index contributed by atoms with van der Waals surface area (Å²) in [6.45, 7) is -0.143. The molecule has 0 amide bonds. The molecule has 1 aromatic heterocycles.